The fraction of sp³-hybridized carbons (Fsp3) is 0.292. The van der Waals surface area contributed by atoms with Gasteiger partial charge in [-0.05, 0) is 32.3 Å². The smallest absolute Gasteiger partial charge is 0.255 e. The van der Waals surface area contributed by atoms with E-state index in [1.54, 1.807) is 6.08 Å². The predicted molar refractivity (Wildman–Crippen MR) is 119 cm³/mol. The summed E-state index contributed by atoms with van der Waals surface area (Å²) >= 11 is 0. The Balaban J connectivity index is 1.96. The molecule has 2 amide bonds. The van der Waals surface area contributed by atoms with Crippen LogP contribution < -0.4 is 10.6 Å². The van der Waals surface area contributed by atoms with Gasteiger partial charge in [-0.3, -0.25) is 14.7 Å². The lowest BCUT2D eigenvalue weighted by molar-refractivity contribution is -0.127. The highest BCUT2D eigenvalue weighted by molar-refractivity contribution is 6.00. The van der Waals surface area contributed by atoms with Gasteiger partial charge in [-0.2, -0.15) is 5.10 Å². The van der Waals surface area contributed by atoms with Gasteiger partial charge in [-0.25, -0.2) is 4.39 Å². The summed E-state index contributed by atoms with van der Waals surface area (Å²) in [5, 5.41) is 12.6. The van der Waals surface area contributed by atoms with Crippen molar-refractivity contribution in [2.24, 2.45) is 5.92 Å². The van der Waals surface area contributed by atoms with E-state index < -0.39 is 23.7 Å². The molecule has 2 atom stereocenters. The zero-order valence-electron chi connectivity index (χ0n) is 17.7. The molecule has 31 heavy (non-hydrogen) atoms. The molecule has 0 aliphatic carbocycles. The van der Waals surface area contributed by atoms with Crippen molar-refractivity contribution < 1.29 is 14.0 Å². The Morgan fingerprint density at radius 3 is 2.90 bits per heavy atom. The van der Waals surface area contributed by atoms with Crippen LogP contribution in [0.1, 0.15) is 53.0 Å². The molecule has 1 unspecified atom stereocenters. The second kappa shape index (κ2) is 10.0. The lowest BCUT2D eigenvalue weighted by atomic mass is 9.85. The monoisotopic (exact) mass is 422 g/mol. The fourth-order valence-corrected chi connectivity index (χ4v) is 3.81. The Bertz CT molecular complexity index is 1030. The standard InChI is InChI=1S/C24H27FN4O2/c1-4-5-10-18(16(3)25)22-20(14-27-29-22)24(31)28-21(17-9-6-8-15(2)13-17)19-11-7-12-26-23(19)30/h4-6,8-10,13-14,19,21H,1,7,11-12H2,2-3H3,(H,26,30)(H,27,29)(H,28,31)/b10-5-,18-16-/t19-,21?/m1/s1. The summed E-state index contributed by atoms with van der Waals surface area (Å²) in [6.07, 6.45) is 7.51. The number of nitrogens with zero attached hydrogens (tertiary/aromatic N) is 1. The van der Waals surface area contributed by atoms with Gasteiger partial charge in [0.1, 0.15) is 5.83 Å². The molecule has 1 aromatic heterocycles. The lowest BCUT2D eigenvalue weighted by Gasteiger charge is -2.31. The molecule has 1 fully saturated rings. The van der Waals surface area contributed by atoms with Crippen LogP contribution in [-0.2, 0) is 4.79 Å². The van der Waals surface area contributed by atoms with Crippen molar-refractivity contribution in [1.29, 1.82) is 0 Å². The Labute approximate surface area is 181 Å². The van der Waals surface area contributed by atoms with Crippen molar-refractivity contribution in [2.75, 3.05) is 6.54 Å². The molecule has 1 aliphatic heterocycles. The topological polar surface area (TPSA) is 86.9 Å². The van der Waals surface area contributed by atoms with E-state index in [1.807, 2.05) is 31.2 Å². The number of aryl methyl sites for hydroxylation is 1. The summed E-state index contributed by atoms with van der Waals surface area (Å²) in [4.78, 5) is 25.8. The Hall–Kier alpha value is -3.48. The van der Waals surface area contributed by atoms with Crippen LogP contribution in [-0.4, -0.2) is 28.6 Å². The maximum atomic E-state index is 14.2. The van der Waals surface area contributed by atoms with E-state index in [-0.39, 0.29) is 22.7 Å². The van der Waals surface area contributed by atoms with Crippen molar-refractivity contribution in [2.45, 2.75) is 32.7 Å². The number of allylic oxidation sites excluding steroid dienone is 5. The maximum Gasteiger partial charge on any atom is 0.255 e. The molecule has 2 aromatic rings. The SMILES string of the molecule is C=C/C=C\C(=C(/C)F)c1[nH]ncc1C(=O)NC(c1cccc(C)c1)[C@H]1CCCNC1=O. The van der Waals surface area contributed by atoms with Crippen LogP contribution in [0, 0.1) is 12.8 Å². The molecule has 0 bridgehead atoms. The van der Waals surface area contributed by atoms with Crippen LogP contribution in [0.25, 0.3) is 5.57 Å². The molecule has 1 saturated heterocycles. The molecule has 7 heteroatoms. The minimum atomic E-state index is -0.516. The van der Waals surface area contributed by atoms with Gasteiger partial charge in [-0.15, -0.1) is 0 Å². The van der Waals surface area contributed by atoms with Crippen LogP contribution >= 0.6 is 0 Å². The molecule has 0 saturated carbocycles. The van der Waals surface area contributed by atoms with Gasteiger partial charge in [0, 0.05) is 12.1 Å². The third kappa shape index (κ3) is 5.17. The van der Waals surface area contributed by atoms with E-state index >= 15 is 0 Å². The molecule has 0 spiro atoms. The second-order valence-corrected chi connectivity index (χ2v) is 7.61. The van der Waals surface area contributed by atoms with Gasteiger partial charge in [0.15, 0.2) is 0 Å². The van der Waals surface area contributed by atoms with Crippen molar-refractivity contribution in [1.82, 2.24) is 20.8 Å². The number of carbonyl (C=O) groups is 2. The first-order chi connectivity index (χ1) is 14.9. The molecule has 0 radical (unpaired) electrons. The zero-order chi connectivity index (χ0) is 22.4. The fourth-order valence-electron chi connectivity index (χ4n) is 3.81. The number of nitrogens with one attached hydrogen (secondary N) is 3. The number of hydrogen-bond donors (Lipinski definition) is 3. The van der Waals surface area contributed by atoms with E-state index in [9.17, 15) is 14.0 Å². The van der Waals surface area contributed by atoms with Gasteiger partial charge in [0.05, 0.1) is 29.4 Å². The molecule has 3 rings (SSSR count). The Kier molecular flexibility index (Phi) is 7.18. The molecule has 3 N–H and O–H groups in total. The largest absolute Gasteiger partial charge is 0.356 e. The highest BCUT2D eigenvalue weighted by Crippen LogP contribution is 2.30. The molecule has 6 nitrogen and oxygen atoms in total. The molecule has 2 heterocycles. The molecule has 162 valence electrons. The normalized spacial score (nSPS) is 18.3. The summed E-state index contributed by atoms with van der Waals surface area (Å²) in [5.74, 6) is -1.37. The van der Waals surface area contributed by atoms with Crippen LogP contribution in [0.5, 0.6) is 0 Å². The summed E-state index contributed by atoms with van der Waals surface area (Å²) in [7, 11) is 0. The summed E-state index contributed by atoms with van der Waals surface area (Å²) in [6.45, 7) is 7.50. The predicted octanol–water partition coefficient (Wildman–Crippen LogP) is 4.16. The third-order valence-corrected chi connectivity index (χ3v) is 5.34. The number of halogens is 1. The van der Waals surface area contributed by atoms with Gasteiger partial charge in [0.25, 0.3) is 5.91 Å². The number of benzene rings is 1. The number of hydrogen-bond acceptors (Lipinski definition) is 3. The van der Waals surface area contributed by atoms with Gasteiger partial charge >= 0.3 is 0 Å². The van der Waals surface area contributed by atoms with E-state index in [4.69, 9.17) is 0 Å². The number of amides is 2. The van der Waals surface area contributed by atoms with Crippen LogP contribution in [0.2, 0.25) is 0 Å². The Morgan fingerprint density at radius 1 is 1.42 bits per heavy atom. The van der Waals surface area contributed by atoms with Crippen molar-refractivity contribution in [3.8, 4) is 0 Å². The minimum absolute atomic E-state index is 0.0837. The highest BCUT2D eigenvalue weighted by atomic mass is 19.1. The second-order valence-electron chi connectivity index (χ2n) is 7.61. The number of piperidine rings is 1. The van der Waals surface area contributed by atoms with Crippen molar-refractivity contribution >= 4 is 17.4 Å². The molecular formula is C24H27FN4O2. The van der Waals surface area contributed by atoms with Crippen LogP contribution in [0.4, 0.5) is 4.39 Å². The lowest BCUT2D eigenvalue weighted by Crippen LogP contribution is -2.44. The minimum Gasteiger partial charge on any atom is -0.356 e. The number of carbonyl (C=O) groups excluding carboxylic acids is 2. The summed E-state index contributed by atoms with van der Waals surface area (Å²) in [6, 6.07) is 7.22. The van der Waals surface area contributed by atoms with E-state index in [2.05, 4.69) is 27.4 Å². The first-order valence-corrected chi connectivity index (χ1v) is 10.3. The van der Waals surface area contributed by atoms with Crippen molar-refractivity contribution in [3.63, 3.8) is 0 Å². The number of aromatic amines is 1. The first kappa shape index (κ1) is 22.2. The number of H-pyrrole nitrogens is 1. The maximum absolute atomic E-state index is 14.2. The third-order valence-electron chi connectivity index (χ3n) is 5.34. The van der Waals surface area contributed by atoms with Crippen LogP contribution in [0.15, 0.2) is 61.1 Å². The van der Waals surface area contributed by atoms with Crippen LogP contribution in [0.3, 0.4) is 0 Å². The van der Waals surface area contributed by atoms with Gasteiger partial charge < -0.3 is 10.6 Å². The average molecular weight is 423 g/mol. The van der Waals surface area contributed by atoms with E-state index in [0.717, 1.165) is 17.5 Å². The molecular weight excluding hydrogens is 395 g/mol. The number of aromatic nitrogens is 2. The zero-order valence-corrected chi connectivity index (χ0v) is 17.7. The molecule has 1 aromatic carbocycles. The number of rotatable bonds is 7. The molecule has 1 aliphatic rings. The van der Waals surface area contributed by atoms with Crippen molar-refractivity contribution in [3.05, 3.63) is 83.5 Å². The van der Waals surface area contributed by atoms with Gasteiger partial charge in [0.2, 0.25) is 5.91 Å². The van der Waals surface area contributed by atoms with E-state index in [1.165, 1.54) is 25.3 Å². The van der Waals surface area contributed by atoms with E-state index in [0.29, 0.717) is 13.0 Å². The average Bonchev–Trinajstić information content (AvgIpc) is 3.22. The first-order valence-electron chi connectivity index (χ1n) is 10.3. The Morgan fingerprint density at radius 2 is 2.23 bits per heavy atom. The summed E-state index contributed by atoms with van der Waals surface area (Å²) in [5.41, 5.74) is 2.57. The highest BCUT2D eigenvalue weighted by Gasteiger charge is 2.33. The quantitative estimate of drug-likeness (QED) is 0.586. The summed E-state index contributed by atoms with van der Waals surface area (Å²) < 4.78 is 14.2. The van der Waals surface area contributed by atoms with Gasteiger partial charge in [-0.1, -0.05) is 54.6 Å².